The van der Waals surface area contributed by atoms with E-state index in [0.717, 1.165) is 22.6 Å². The lowest BCUT2D eigenvalue weighted by atomic mass is 10.2. The Kier molecular flexibility index (Phi) is 4.83. The highest BCUT2D eigenvalue weighted by Crippen LogP contribution is 2.29. The molecule has 0 aliphatic carbocycles. The van der Waals surface area contributed by atoms with Gasteiger partial charge in [0.05, 0.1) is 18.4 Å². The van der Waals surface area contributed by atoms with Crippen LogP contribution in [0.25, 0.3) is 6.08 Å². The molecule has 0 unspecified atom stereocenters. The third-order valence-electron chi connectivity index (χ3n) is 3.18. The van der Waals surface area contributed by atoms with Crippen LogP contribution in [0.3, 0.4) is 0 Å². The first-order chi connectivity index (χ1) is 10.5. The van der Waals surface area contributed by atoms with E-state index >= 15 is 0 Å². The summed E-state index contributed by atoms with van der Waals surface area (Å²) in [5.41, 5.74) is 7.59. The van der Waals surface area contributed by atoms with E-state index in [9.17, 15) is 4.79 Å². The summed E-state index contributed by atoms with van der Waals surface area (Å²) in [7, 11) is 1.56. The van der Waals surface area contributed by atoms with Crippen molar-refractivity contribution in [3.8, 4) is 11.5 Å². The van der Waals surface area contributed by atoms with Crippen molar-refractivity contribution >= 4 is 12.0 Å². The van der Waals surface area contributed by atoms with Crippen molar-refractivity contribution in [2.75, 3.05) is 7.11 Å². The number of aryl methyl sites for hydroxylation is 2. The number of primary amides is 1. The maximum Gasteiger partial charge on any atom is 0.241 e. The number of hydrogen-bond acceptors (Lipinski definition) is 5. The lowest BCUT2D eigenvalue weighted by Gasteiger charge is -2.11. The first kappa shape index (κ1) is 15.6. The molecule has 0 saturated heterocycles. The molecule has 22 heavy (non-hydrogen) atoms. The molecule has 2 rings (SSSR count). The van der Waals surface area contributed by atoms with Crippen LogP contribution in [-0.4, -0.2) is 18.2 Å². The standard InChI is InChI=1S/C16H18N2O4/c1-10-13(11(2)22-18-10)9-21-14-6-4-12(5-7-16(17)19)8-15(14)20-3/h4-8H,9H2,1-3H3,(H2,17,19)/b7-5+. The number of carbonyl (C=O) groups is 1. The number of benzene rings is 1. The minimum absolute atomic E-state index is 0.341. The predicted octanol–water partition coefficient (Wildman–Crippen LogP) is 2.38. The number of nitrogens with zero attached hydrogens (tertiary/aromatic N) is 1. The van der Waals surface area contributed by atoms with Crippen molar-refractivity contribution in [3.05, 3.63) is 46.9 Å². The molecule has 2 N–H and O–H groups in total. The SMILES string of the molecule is COc1cc(/C=C/C(N)=O)ccc1OCc1c(C)noc1C. The second kappa shape index (κ2) is 6.80. The first-order valence-electron chi connectivity index (χ1n) is 6.71. The van der Waals surface area contributed by atoms with E-state index in [2.05, 4.69) is 5.16 Å². The highest BCUT2D eigenvalue weighted by Gasteiger charge is 2.11. The zero-order chi connectivity index (χ0) is 16.1. The molecular weight excluding hydrogens is 284 g/mol. The highest BCUT2D eigenvalue weighted by molar-refractivity contribution is 5.90. The monoisotopic (exact) mass is 302 g/mol. The van der Waals surface area contributed by atoms with Gasteiger partial charge in [0.2, 0.25) is 5.91 Å². The van der Waals surface area contributed by atoms with Gasteiger partial charge in [-0.1, -0.05) is 11.2 Å². The van der Waals surface area contributed by atoms with Gasteiger partial charge in [0.25, 0.3) is 0 Å². The minimum Gasteiger partial charge on any atom is -0.493 e. The van der Waals surface area contributed by atoms with Gasteiger partial charge in [-0.25, -0.2) is 0 Å². The Morgan fingerprint density at radius 2 is 2.14 bits per heavy atom. The van der Waals surface area contributed by atoms with E-state index in [1.165, 1.54) is 6.08 Å². The van der Waals surface area contributed by atoms with Crippen LogP contribution in [0.5, 0.6) is 11.5 Å². The van der Waals surface area contributed by atoms with E-state index in [1.54, 1.807) is 25.3 Å². The van der Waals surface area contributed by atoms with Crippen LogP contribution in [0, 0.1) is 13.8 Å². The normalized spacial score (nSPS) is 10.9. The Bertz CT molecular complexity index is 685. The molecule has 1 heterocycles. The van der Waals surface area contributed by atoms with E-state index < -0.39 is 5.91 Å². The Morgan fingerprint density at radius 3 is 2.73 bits per heavy atom. The molecule has 0 fully saturated rings. The van der Waals surface area contributed by atoms with Crippen LogP contribution in [0.2, 0.25) is 0 Å². The summed E-state index contributed by atoms with van der Waals surface area (Å²) < 4.78 is 16.2. The number of aromatic nitrogens is 1. The predicted molar refractivity (Wildman–Crippen MR) is 81.5 cm³/mol. The van der Waals surface area contributed by atoms with Crippen LogP contribution in [0.15, 0.2) is 28.8 Å². The highest BCUT2D eigenvalue weighted by atomic mass is 16.5. The number of methoxy groups -OCH3 is 1. The average Bonchev–Trinajstić information content (AvgIpc) is 2.82. The van der Waals surface area contributed by atoms with Gasteiger partial charge in [-0.2, -0.15) is 0 Å². The van der Waals surface area contributed by atoms with E-state index in [0.29, 0.717) is 18.1 Å². The van der Waals surface area contributed by atoms with Gasteiger partial charge in [-0.3, -0.25) is 4.79 Å². The van der Waals surface area contributed by atoms with Gasteiger partial charge in [-0.05, 0) is 37.6 Å². The fourth-order valence-electron chi connectivity index (χ4n) is 1.94. The summed E-state index contributed by atoms with van der Waals surface area (Å²) in [5.74, 6) is 1.40. The quantitative estimate of drug-likeness (QED) is 0.828. The van der Waals surface area contributed by atoms with Crippen LogP contribution >= 0.6 is 0 Å². The van der Waals surface area contributed by atoms with Gasteiger partial charge in [0.15, 0.2) is 11.5 Å². The van der Waals surface area contributed by atoms with E-state index in [4.69, 9.17) is 19.7 Å². The van der Waals surface area contributed by atoms with Gasteiger partial charge in [-0.15, -0.1) is 0 Å². The lowest BCUT2D eigenvalue weighted by Crippen LogP contribution is -2.05. The van der Waals surface area contributed by atoms with Crippen molar-refractivity contribution in [2.24, 2.45) is 5.73 Å². The maximum atomic E-state index is 10.8. The summed E-state index contributed by atoms with van der Waals surface area (Å²) >= 11 is 0. The second-order valence-electron chi connectivity index (χ2n) is 4.74. The summed E-state index contributed by atoms with van der Waals surface area (Å²) in [6.45, 7) is 4.05. The molecule has 1 aromatic heterocycles. The third-order valence-corrected chi connectivity index (χ3v) is 3.18. The number of amides is 1. The average molecular weight is 302 g/mol. The van der Waals surface area contributed by atoms with Crippen molar-refractivity contribution in [2.45, 2.75) is 20.5 Å². The molecule has 0 spiro atoms. The lowest BCUT2D eigenvalue weighted by molar-refractivity contribution is -0.113. The summed E-state index contributed by atoms with van der Waals surface area (Å²) in [4.78, 5) is 10.8. The van der Waals surface area contributed by atoms with Crippen LogP contribution in [0.4, 0.5) is 0 Å². The Labute approximate surface area is 128 Å². The Hall–Kier alpha value is -2.76. The van der Waals surface area contributed by atoms with Crippen molar-refractivity contribution in [3.63, 3.8) is 0 Å². The number of hydrogen-bond donors (Lipinski definition) is 1. The Morgan fingerprint density at radius 1 is 1.36 bits per heavy atom. The van der Waals surface area contributed by atoms with Crippen molar-refractivity contribution in [1.29, 1.82) is 0 Å². The van der Waals surface area contributed by atoms with Crippen molar-refractivity contribution < 1.29 is 18.8 Å². The van der Waals surface area contributed by atoms with Gasteiger partial charge >= 0.3 is 0 Å². The summed E-state index contributed by atoms with van der Waals surface area (Å²) in [6.07, 6.45) is 2.90. The molecule has 0 bridgehead atoms. The molecule has 1 aromatic carbocycles. The van der Waals surface area contributed by atoms with Crippen molar-refractivity contribution in [1.82, 2.24) is 5.16 Å². The fraction of sp³-hybridized carbons (Fsp3) is 0.250. The van der Waals surface area contributed by atoms with Gasteiger partial charge in [0, 0.05) is 6.08 Å². The molecule has 0 saturated carbocycles. The minimum atomic E-state index is -0.502. The molecule has 1 amide bonds. The van der Waals surface area contributed by atoms with Crippen LogP contribution in [-0.2, 0) is 11.4 Å². The molecule has 6 heteroatoms. The van der Waals surface area contributed by atoms with E-state index in [1.807, 2.05) is 19.9 Å². The molecule has 116 valence electrons. The number of ether oxygens (including phenoxy) is 2. The molecule has 6 nitrogen and oxygen atoms in total. The topological polar surface area (TPSA) is 87.6 Å². The zero-order valence-electron chi connectivity index (χ0n) is 12.8. The van der Waals surface area contributed by atoms with Crippen LogP contribution < -0.4 is 15.2 Å². The number of nitrogens with two attached hydrogens (primary N) is 1. The largest absolute Gasteiger partial charge is 0.493 e. The molecular formula is C16H18N2O4. The summed E-state index contributed by atoms with van der Waals surface area (Å²) in [6, 6.07) is 5.35. The fourth-order valence-corrected chi connectivity index (χ4v) is 1.94. The molecule has 0 radical (unpaired) electrons. The van der Waals surface area contributed by atoms with E-state index in [-0.39, 0.29) is 0 Å². The molecule has 0 atom stereocenters. The molecule has 0 aliphatic heterocycles. The van der Waals surface area contributed by atoms with Crippen LogP contribution in [0.1, 0.15) is 22.6 Å². The van der Waals surface area contributed by atoms with Gasteiger partial charge < -0.3 is 19.7 Å². The smallest absolute Gasteiger partial charge is 0.241 e. The molecule has 0 aliphatic rings. The maximum absolute atomic E-state index is 10.8. The zero-order valence-corrected chi connectivity index (χ0v) is 12.8. The number of carbonyl (C=O) groups excluding carboxylic acids is 1. The molecule has 2 aromatic rings. The second-order valence-corrected chi connectivity index (χ2v) is 4.74. The Balaban J connectivity index is 2.16. The first-order valence-corrected chi connectivity index (χ1v) is 6.71. The number of rotatable bonds is 6. The summed E-state index contributed by atoms with van der Waals surface area (Å²) in [5, 5.41) is 3.89. The third kappa shape index (κ3) is 3.66. The van der Waals surface area contributed by atoms with Gasteiger partial charge in [0.1, 0.15) is 12.4 Å².